The maximum atomic E-state index is 12.9. The van der Waals surface area contributed by atoms with Gasteiger partial charge in [0, 0.05) is 27.6 Å². The summed E-state index contributed by atoms with van der Waals surface area (Å²) in [6.45, 7) is 9.23. The van der Waals surface area contributed by atoms with Crippen LogP contribution in [0.4, 0.5) is 14.6 Å². The molecule has 0 atom stereocenters. The number of benzene rings is 1. The molecule has 31 heavy (non-hydrogen) atoms. The first-order valence-corrected chi connectivity index (χ1v) is 10.4. The molecule has 0 saturated heterocycles. The molecule has 0 fully saturated rings. The first-order chi connectivity index (χ1) is 14.5. The highest BCUT2D eigenvalue weighted by Gasteiger charge is 2.24. The largest absolute Gasteiger partial charge is 0.306 e. The standard InChI is InChI=1S/C21H23F2N5O2S/c1-11-12(2)24-20(26-17(11)29)28-16(10-15(27-28)21(3,4)5)25-18(30)13-8-6-7-9-14(13)31-19(22)23/h6-10,19H,1-5H3,(H,25,30)(H,24,26,29). The van der Waals surface area contributed by atoms with E-state index >= 15 is 0 Å². The van der Waals surface area contributed by atoms with Crippen LogP contribution in [0.25, 0.3) is 5.95 Å². The van der Waals surface area contributed by atoms with Gasteiger partial charge < -0.3 is 5.32 Å². The number of aromatic amines is 1. The van der Waals surface area contributed by atoms with E-state index in [4.69, 9.17) is 0 Å². The van der Waals surface area contributed by atoms with Crippen LogP contribution in [0.3, 0.4) is 0 Å². The van der Waals surface area contributed by atoms with Crippen LogP contribution in [0.2, 0.25) is 0 Å². The smallest absolute Gasteiger partial charge is 0.288 e. The van der Waals surface area contributed by atoms with Gasteiger partial charge in [-0.3, -0.25) is 14.6 Å². The number of carbonyl (C=O) groups excluding carboxylic acids is 1. The molecule has 2 heterocycles. The molecule has 2 N–H and O–H groups in total. The van der Waals surface area contributed by atoms with Gasteiger partial charge in [0.05, 0.1) is 11.3 Å². The van der Waals surface area contributed by atoms with Crippen LogP contribution in [0.15, 0.2) is 40.0 Å². The van der Waals surface area contributed by atoms with Crippen LogP contribution >= 0.6 is 11.8 Å². The van der Waals surface area contributed by atoms with E-state index in [2.05, 4.69) is 20.4 Å². The van der Waals surface area contributed by atoms with Crippen molar-refractivity contribution >= 4 is 23.5 Å². The number of thioether (sulfide) groups is 1. The molecule has 3 aromatic rings. The predicted octanol–water partition coefficient (Wildman–Crippen LogP) is 4.44. The monoisotopic (exact) mass is 447 g/mol. The second kappa shape index (κ2) is 8.62. The Morgan fingerprint density at radius 2 is 1.90 bits per heavy atom. The quantitative estimate of drug-likeness (QED) is 0.564. The molecular formula is C21H23F2N5O2S. The molecule has 0 saturated carbocycles. The summed E-state index contributed by atoms with van der Waals surface area (Å²) in [7, 11) is 0. The Morgan fingerprint density at radius 3 is 2.52 bits per heavy atom. The summed E-state index contributed by atoms with van der Waals surface area (Å²) in [5.41, 5.74) is 1.11. The third-order valence-electron chi connectivity index (χ3n) is 4.65. The highest BCUT2D eigenvalue weighted by molar-refractivity contribution is 7.99. The van der Waals surface area contributed by atoms with E-state index in [1.807, 2.05) is 20.8 Å². The Morgan fingerprint density at radius 1 is 1.23 bits per heavy atom. The number of aromatic nitrogens is 4. The zero-order valence-electron chi connectivity index (χ0n) is 17.8. The summed E-state index contributed by atoms with van der Waals surface area (Å²) in [6.07, 6.45) is 0. The van der Waals surface area contributed by atoms with Crippen molar-refractivity contribution in [1.29, 1.82) is 0 Å². The topological polar surface area (TPSA) is 92.7 Å². The maximum absolute atomic E-state index is 12.9. The molecule has 0 bridgehead atoms. The SMILES string of the molecule is Cc1nc(-n2nc(C(C)(C)C)cc2NC(=O)c2ccccc2SC(F)F)[nH]c(=O)c1C. The number of nitrogens with one attached hydrogen (secondary N) is 2. The van der Waals surface area contributed by atoms with E-state index in [-0.39, 0.29) is 33.2 Å². The molecule has 3 rings (SSSR count). The lowest BCUT2D eigenvalue weighted by Gasteiger charge is -2.14. The highest BCUT2D eigenvalue weighted by atomic mass is 32.2. The van der Waals surface area contributed by atoms with Crippen LogP contribution in [0.5, 0.6) is 0 Å². The van der Waals surface area contributed by atoms with Gasteiger partial charge in [-0.05, 0) is 26.0 Å². The average Bonchev–Trinajstić information content (AvgIpc) is 3.10. The van der Waals surface area contributed by atoms with Gasteiger partial charge in [0.15, 0.2) is 0 Å². The molecule has 0 radical (unpaired) electrons. The van der Waals surface area contributed by atoms with E-state index in [0.29, 0.717) is 28.7 Å². The van der Waals surface area contributed by atoms with Gasteiger partial charge in [-0.25, -0.2) is 4.98 Å². The number of rotatable bonds is 5. The summed E-state index contributed by atoms with van der Waals surface area (Å²) in [4.78, 5) is 32.4. The van der Waals surface area contributed by atoms with Gasteiger partial charge in [0.2, 0.25) is 5.95 Å². The number of alkyl halides is 2. The summed E-state index contributed by atoms with van der Waals surface area (Å²) < 4.78 is 27.1. The molecule has 164 valence electrons. The van der Waals surface area contributed by atoms with Crippen LogP contribution in [0.1, 0.15) is 48.1 Å². The third-order valence-corrected chi connectivity index (χ3v) is 5.44. The molecule has 0 aliphatic carbocycles. The zero-order chi connectivity index (χ0) is 22.9. The molecule has 7 nitrogen and oxygen atoms in total. The minimum atomic E-state index is -2.66. The number of anilines is 1. The molecule has 0 aliphatic heterocycles. The van der Waals surface area contributed by atoms with Crippen molar-refractivity contribution in [2.24, 2.45) is 0 Å². The van der Waals surface area contributed by atoms with Gasteiger partial charge in [-0.15, -0.1) is 0 Å². The Bertz CT molecular complexity index is 1180. The number of H-pyrrole nitrogens is 1. The third kappa shape index (κ3) is 5.01. The number of hydrogen-bond donors (Lipinski definition) is 2. The lowest BCUT2D eigenvalue weighted by molar-refractivity contribution is 0.102. The van der Waals surface area contributed by atoms with Crippen LogP contribution in [-0.2, 0) is 5.41 Å². The molecule has 0 spiro atoms. The minimum absolute atomic E-state index is 0.111. The predicted molar refractivity (Wildman–Crippen MR) is 116 cm³/mol. The van der Waals surface area contributed by atoms with Crippen molar-refractivity contribution in [2.75, 3.05) is 5.32 Å². The normalized spacial score (nSPS) is 11.7. The van der Waals surface area contributed by atoms with Gasteiger partial charge in [-0.1, -0.05) is 44.7 Å². The molecule has 0 aliphatic rings. The van der Waals surface area contributed by atoms with Crippen LogP contribution in [0, 0.1) is 13.8 Å². The number of carbonyl (C=O) groups is 1. The zero-order valence-corrected chi connectivity index (χ0v) is 18.6. The number of nitrogens with zero attached hydrogens (tertiary/aromatic N) is 3. The Hall–Kier alpha value is -3.01. The lowest BCUT2D eigenvalue weighted by atomic mass is 9.92. The molecule has 1 amide bonds. The van der Waals surface area contributed by atoms with Crippen molar-refractivity contribution in [1.82, 2.24) is 19.7 Å². The van der Waals surface area contributed by atoms with Crippen molar-refractivity contribution in [3.05, 3.63) is 63.2 Å². The van der Waals surface area contributed by atoms with Gasteiger partial charge >= 0.3 is 0 Å². The fourth-order valence-electron chi connectivity index (χ4n) is 2.77. The summed E-state index contributed by atoms with van der Waals surface area (Å²) >= 11 is 0.303. The number of aryl methyl sites for hydroxylation is 1. The second-order valence-corrected chi connectivity index (χ2v) is 9.04. The molecule has 10 heteroatoms. The minimum Gasteiger partial charge on any atom is -0.306 e. The fourth-order valence-corrected chi connectivity index (χ4v) is 3.40. The Balaban J connectivity index is 2.07. The highest BCUT2D eigenvalue weighted by Crippen LogP contribution is 2.30. The van der Waals surface area contributed by atoms with E-state index in [1.165, 1.54) is 16.8 Å². The molecular weight excluding hydrogens is 424 g/mol. The lowest BCUT2D eigenvalue weighted by Crippen LogP contribution is -2.21. The first-order valence-electron chi connectivity index (χ1n) is 9.51. The fraction of sp³-hybridized carbons (Fsp3) is 0.333. The summed E-state index contributed by atoms with van der Waals surface area (Å²) in [6, 6.07) is 7.81. The summed E-state index contributed by atoms with van der Waals surface area (Å²) in [5.74, 6) is -2.82. The van der Waals surface area contributed by atoms with Crippen LogP contribution in [-0.4, -0.2) is 31.4 Å². The van der Waals surface area contributed by atoms with Crippen molar-refractivity contribution in [3.63, 3.8) is 0 Å². The first kappa shape index (κ1) is 22.7. The number of halogens is 2. The van der Waals surface area contributed by atoms with Crippen molar-refractivity contribution < 1.29 is 13.6 Å². The number of hydrogen-bond acceptors (Lipinski definition) is 5. The van der Waals surface area contributed by atoms with E-state index in [0.717, 1.165) is 0 Å². The maximum Gasteiger partial charge on any atom is 0.288 e. The molecule has 0 unspecified atom stereocenters. The Kier molecular flexibility index (Phi) is 6.30. The Labute approximate surface area is 182 Å². The van der Waals surface area contributed by atoms with Crippen molar-refractivity contribution in [3.8, 4) is 5.95 Å². The second-order valence-electron chi connectivity index (χ2n) is 8.01. The number of amides is 1. The van der Waals surface area contributed by atoms with E-state index < -0.39 is 11.7 Å². The van der Waals surface area contributed by atoms with E-state index in [9.17, 15) is 18.4 Å². The average molecular weight is 448 g/mol. The van der Waals surface area contributed by atoms with E-state index in [1.54, 1.807) is 32.0 Å². The van der Waals surface area contributed by atoms with Gasteiger partial charge in [-0.2, -0.15) is 18.6 Å². The van der Waals surface area contributed by atoms with Crippen molar-refractivity contribution in [2.45, 2.75) is 50.7 Å². The van der Waals surface area contributed by atoms with Gasteiger partial charge in [0.1, 0.15) is 5.82 Å². The molecule has 1 aromatic carbocycles. The molecule has 2 aromatic heterocycles. The van der Waals surface area contributed by atoms with Crippen LogP contribution < -0.4 is 10.9 Å². The van der Waals surface area contributed by atoms with Gasteiger partial charge in [0.25, 0.3) is 17.2 Å². The summed E-state index contributed by atoms with van der Waals surface area (Å²) in [5, 5.41) is 7.25.